The van der Waals surface area contributed by atoms with Crippen molar-refractivity contribution in [3.63, 3.8) is 0 Å². The summed E-state index contributed by atoms with van der Waals surface area (Å²) in [5, 5.41) is 0. The van der Waals surface area contributed by atoms with Crippen LogP contribution < -0.4 is 0 Å². The molecular weight excluding hydrogens is 260 g/mol. The van der Waals surface area contributed by atoms with Gasteiger partial charge in [0.15, 0.2) is 0 Å². The molecule has 1 amide bonds. The molecular formula is C18H28N2O. The fourth-order valence-corrected chi connectivity index (χ4v) is 2.88. The molecule has 0 spiro atoms. The van der Waals surface area contributed by atoms with E-state index in [1.807, 2.05) is 17.0 Å². The van der Waals surface area contributed by atoms with Crippen molar-refractivity contribution in [2.75, 3.05) is 26.2 Å². The van der Waals surface area contributed by atoms with E-state index in [9.17, 15) is 4.79 Å². The summed E-state index contributed by atoms with van der Waals surface area (Å²) >= 11 is 0. The van der Waals surface area contributed by atoms with E-state index in [0.29, 0.717) is 6.54 Å². The monoisotopic (exact) mass is 288 g/mol. The summed E-state index contributed by atoms with van der Waals surface area (Å²) in [6.45, 7) is 10.7. The number of hydrogen-bond acceptors (Lipinski definition) is 2. The third kappa shape index (κ3) is 4.57. The number of piperidine rings is 1. The lowest BCUT2D eigenvalue weighted by molar-refractivity contribution is -0.133. The van der Waals surface area contributed by atoms with Crippen LogP contribution in [0.3, 0.4) is 0 Å². The number of hydrogen-bond donors (Lipinski definition) is 0. The summed E-state index contributed by atoms with van der Waals surface area (Å²) in [5.41, 5.74) is 2.51. The summed E-state index contributed by atoms with van der Waals surface area (Å²) < 4.78 is 0. The maximum Gasteiger partial charge on any atom is 0.237 e. The van der Waals surface area contributed by atoms with Gasteiger partial charge in [-0.05, 0) is 56.8 Å². The van der Waals surface area contributed by atoms with E-state index in [1.54, 1.807) is 0 Å². The first-order valence-corrected chi connectivity index (χ1v) is 8.14. The van der Waals surface area contributed by atoms with E-state index in [2.05, 4.69) is 37.8 Å². The van der Waals surface area contributed by atoms with E-state index in [-0.39, 0.29) is 5.91 Å². The zero-order chi connectivity index (χ0) is 15.2. The number of carbonyl (C=O) groups is 1. The summed E-state index contributed by atoms with van der Waals surface area (Å²) in [6, 6.07) is 8.33. The molecule has 1 aromatic rings. The predicted molar refractivity (Wildman–Crippen MR) is 87.1 cm³/mol. The van der Waals surface area contributed by atoms with Crippen molar-refractivity contribution in [3.05, 3.63) is 35.4 Å². The Morgan fingerprint density at radius 3 is 2.57 bits per heavy atom. The van der Waals surface area contributed by atoms with Gasteiger partial charge in [0.05, 0.1) is 6.54 Å². The molecule has 1 aliphatic heterocycles. The van der Waals surface area contributed by atoms with Crippen molar-refractivity contribution in [1.29, 1.82) is 0 Å². The van der Waals surface area contributed by atoms with Crippen LogP contribution in [0.1, 0.15) is 37.8 Å². The molecule has 1 aromatic carbocycles. The van der Waals surface area contributed by atoms with Gasteiger partial charge in [-0.15, -0.1) is 0 Å². The Morgan fingerprint density at radius 1 is 1.29 bits per heavy atom. The second-order valence-electron chi connectivity index (χ2n) is 6.29. The highest BCUT2D eigenvalue weighted by Gasteiger charge is 2.20. The van der Waals surface area contributed by atoms with E-state index in [4.69, 9.17) is 0 Å². The zero-order valence-corrected chi connectivity index (χ0v) is 13.6. The molecule has 21 heavy (non-hydrogen) atoms. The average Bonchev–Trinajstić information content (AvgIpc) is 2.48. The van der Waals surface area contributed by atoms with E-state index >= 15 is 0 Å². The molecule has 1 saturated heterocycles. The van der Waals surface area contributed by atoms with Gasteiger partial charge in [-0.2, -0.15) is 0 Å². The van der Waals surface area contributed by atoms with Crippen molar-refractivity contribution >= 4 is 5.91 Å². The van der Waals surface area contributed by atoms with Gasteiger partial charge in [0.25, 0.3) is 0 Å². The number of likely N-dealkylation sites (N-methyl/N-ethyl adjacent to an activating group) is 1. The highest BCUT2D eigenvalue weighted by Crippen LogP contribution is 2.16. The minimum absolute atomic E-state index is 0.260. The number of aryl methyl sites for hydroxylation is 1. The van der Waals surface area contributed by atoms with E-state index in [0.717, 1.165) is 32.1 Å². The number of benzene rings is 1. The molecule has 1 fully saturated rings. The maximum atomic E-state index is 12.5. The fourth-order valence-electron chi connectivity index (χ4n) is 2.88. The van der Waals surface area contributed by atoms with Crippen LogP contribution in [0, 0.1) is 12.8 Å². The number of carbonyl (C=O) groups excluding carboxylic acids is 1. The Bertz CT molecular complexity index is 464. The van der Waals surface area contributed by atoms with Gasteiger partial charge < -0.3 is 4.90 Å². The molecule has 2 rings (SSSR count). The van der Waals surface area contributed by atoms with Crippen LogP contribution in [0.2, 0.25) is 0 Å². The Kier molecular flexibility index (Phi) is 5.80. The molecule has 3 heteroatoms. The topological polar surface area (TPSA) is 23.6 Å². The molecule has 0 radical (unpaired) electrons. The lowest BCUT2D eigenvalue weighted by Crippen LogP contribution is -2.43. The van der Waals surface area contributed by atoms with Crippen LogP contribution in [0.25, 0.3) is 0 Å². The summed E-state index contributed by atoms with van der Waals surface area (Å²) in [7, 11) is 0. The summed E-state index contributed by atoms with van der Waals surface area (Å²) in [4.78, 5) is 16.8. The van der Waals surface area contributed by atoms with Crippen LogP contribution in [0.15, 0.2) is 24.3 Å². The van der Waals surface area contributed by atoms with Gasteiger partial charge in [-0.25, -0.2) is 0 Å². The molecule has 0 bridgehead atoms. The first-order valence-electron chi connectivity index (χ1n) is 8.14. The van der Waals surface area contributed by atoms with Crippen LogP contribution >= 0.6 is 0 Å². The largest absolute Gasteiger partial charge is 0.338 e. The SMILES string of the molecule is CCN(Cc1ccccc1C)C(=O)CN1CCC(C)CC1. The number of rotatable bonds is 5. The average molecular weight is 288 g/mol. The van der Waals surface area contributed by atoms with Crippen LogP contribution in [-0.4, -0.2) is 41.9 Å². The second-order valence-corrected chi connectivity index (χ2v) is 6.29. The summed E-state index contributed by atoms with van der Waals surface area (Å²) in [6.07, 6.45) is 2.44. The highest BCUT2D eigenvalue weighted by molar-refractivity contribution is 5.78. The third-order valence-corrected chi connectivity index (χ3v) is 4.59. The van der Waals surface area contributed by atoms with Gasteiger partial charge in [0.2, 0.25) is 5.91 Å². The molecule has 0 unspecified atom stereocenters. The lowest BCUT2D eigenvalue weighted by Gasteiger charge is -2.31. The van der Waals surface area contributed by atoms with Crippen molar-refractivity contribution in [2.45, 2.75) is 40.2 Å². The predicted octanol–water partition coefficient (Wildman–Crippen LogP) is 3.08. The molecule has 0 saturated carbocycles. The number of likely N-dealkylation sites (tertiary alicyclic amines) is 1. The van der Waals surface area contributed by atoms with Gasteiger partial charge in [-0.3, -0.25) is 9.69 Å². The minimum Gasteiger partial charge on any atom is -0.338 e. The van der Waals surface area contributed by atoms with E-state index in [1.165, 1.54) is 24.0 Å². The normalized spacial score (nSPS) is 16.9. The third-order valence-electron chi connectivity index (χ3n) is 4.59. The lowest BCUT2D eigenvalue weighted by atomic mass is 9.99. The Labute approximate surface area is 128 Å². The Hall–Kier alpha value is -1.35. The number of nitrogens with zero attached hydrogens (tertiary/aromatic N) is 2. The van der Waals surface area contributed by atoms with E-state index < -0.39 is 0 Å². The second kappa shape index (κ2) is 7.60. The number of amides is 1. The van der Waals surface area contributed by atoms with Crippen molar-refractivity contribution in [2.24, 2.45) is 5.92 Å². The molecule has 116 valence electrons. The van der Waals surface area contributed by atoms with Crippen LogP contribution in [-0.2, 0) is 11.3 Å². The first-order chi connectivity index (χ1) is 10.1. The molecule has 0 aliphatic carbocycles. The standard InChI is InChI=1S/C18H28N2O/c1-4-20(13-17-8-6-5-7-16(17)3)18(21)14-19-11-9-15(2)10-12-19/h5-8,15H,4,9-14H2,1-3H3. The summed E-state index contributed by atoms with van der Waals surface area (Å²) in [5.74, 6) is 1.07. The maximum absolute atomic E-state index is 12.5. The van der Waals surface area contributed by atoms with Crippen LogP contribution in [0.4, 0.5) is 0 Å². The Morgan fingerprint density at radius 2 is 1.95 bits per heavy atom. The molecule has 0 N–H and O–H groups in total. The molecule has 0 aromatic heterocycles. The minimum atomic E-state index is 0.260. The molecule has 0 atom stereocenters. The van der Waals surface area contributed by atoms with Gasteiger partial charge in [0.1, 0.15) is 0 Å². The Balaban J connectivity index is 1.91. The quantitative estimate of drug-likeness (QED) is 0.831. The fraction of sp³-hybridized carbons (Fsp3) is 0.611. The molecule has 1 heterocycles. The van der Waals surface area contributed by atoms with Gasteiger partial charge >= 0.3 is 0 Å². The van der Waals surface area contributed by atoms with Crippen molar-refractivity contribution in [3.8, 4) is 0 Å². The molecule has 1 aliphatic rings. The van der Waals surface area contributed by atoms with Crippen molar-refractivity contribution in [1.82, 2.24) is 9.80 Å². The zero-order valence-electron chi connectivity index (χ0n) is 13.6. The van der Waals surface area contributed by atoms with Gasteiger partial charge in [0, 0.05) is 13.1 Å². The smallest absolute Gasteiger partial charge is 0.237 e. The first kappa shape index (κ1) is 16.0. The van der Waals surface area contributed by atoms with Crippen molar-refractivity contribution < 1.29 is 4.79 Å². The van der Waals surface area contributed by atoms with Gasteiger partial charge in [-0.1, -0.05) is 31.2 Å². The van der Waals surface area contributed by atoms with Crippen LogP contribution in [0.5, 0.6) is 0 Å². The molecule has 3 nitrogen and oxygen atoms in total. The highest BCUT2D eigenvalue weighted by atomic mass is 16.2.